The molecule has 224 valence electrons. The van der Waals surface area contributed by atoms with Crippen LogP contribution in [0.1, 0.15) is 25.0 Å². The summed E-state index contributed by atoms with van der Waals surface area (Å²) in [7, 11) is 0. The van der Waals surface area contributed by atoms with Crippen LogP contribution in [0, 0.1) is 0 Å². The van der Waals surface area contributed by atoms with E-state index >= 15 is 0 Å². The molecule has 18 heteroatoms. The summed E-state index contributed by atoms with van der Waals surface area (Å²) in [6.07, 6.45) is -12.5. The van der Waals surface area contributed by atoms with Gasteiger partial charge in [0.25, 0.3) is 10.6 Å². The van der Waals surface area contributed by atoms with E-state index in [2.05, 4.69) is 9.47 Å². The summed E-state index contributed by atoms with van der Waals surface area (Å²) in [5.41, 5.74) is -10.2. The average Bonchev–Trinajstić information content (AvgIpc) is 2.79. The van der Waals surface area contributed by atoms with E-state index < -0.39 is 86.2 Å². The highest BCUT2D eigenvalue weighted by Crippen LogP contribution is 2.57. The summed E-state index contributed by atoms with van der Waals surface area (Å²) in [5.74, 6) is -4.01. The van der Waals surface area contributed by atoms with Crippen molar-refractivity contribution in [3.8, 4) is 11.5 Å². The molecule has 0 spiro atoms. The minimum Gasteiger partial charge on any atom is -0.427 e. The van der Waals surface area contributed by atoms with Crippen LogP contribution < -0.4 is 20.1 Å². The van der Waals surface area contributed by atoms with Gasteiger partial charge in [0, 0.05) is 13.8 Å². The maximum absolute atomic E-state index is 14.6. The largest absolute Gasteiger partial charge is 0.427 e. The van der Waals surface area contributed by atoms with Gasteiger partial charge in [0.2, 0.25) is 17.2 Å². The first-order valence-electron chi connectivity index (χ1n) is 10.5. The van der Waals surface area contributed by atoms with Crippen LogP contribution in [0.15, 0.2) is 59.0 Å². The van der Waals surface area contributed by atoms with E-state index in [0.717, 1.165) is 13.8 Å². The molecular formula is C23H14Cl2F10N2O4. The van der Waals surface area contributed by atoms with Gasteiger partial charge in [-0.15, -0.1) is 0 Å². The number of rotatable bonds is 8. The van der Waals surface area contributed by atoms with Crippen molar-refractivity contribution >= 4 is 46.4 Å². The lowest BCUT2D eigenvalue weighted by Crippen LogP contribution is -2.54. The minimum absolute atomic E-state index is 0.130. The van der Waals surface area contributed by atoms with E-state index in [1.54, 1.807) is 0 Å². The van der Waals surface area contributed by atoms with Crippen molar-refractivity contribution in [3.63, 3.8) is 0 Å². The van der Waals surface area contributed by atoms with Gasteiger partial charge in [-0.2, -0.15) is 43.9 Å². The first kappa shape index (κ1) is 33.5. The van der Waals surface area contributed by atoms with Crippen LogP contribution in [0.3, 0.4) is 0 Å². The highest BCUT2D eigenvalue weighted by atomic mass is 35.5. The zero-order valence-corrected chi connectivity index (χ0v) is 21.6. The van der Waals surface area contributed by atoms with E-state index in [-0.39, 0.29) is 24.3 Å². The number of alkyl halides is 6. The van der Waals surface area contributed by atoms with Gasteiger partial charge < -0.3 is 20.1 Å². The van der Waals surface area contributed by atoms with Crippen LogP contribution in [-0.4, -0.2) is 24.2 Å². The highest BCUT2D eigenvalue weighted by molar-refractivity contribution is 6.28. The van der Waals surface area contributed by atoms with Crippen molar-refractivity contribution in [1.82, 2.24) is 0 Å². The van der Waals surface area contributed by atoms with Crippen molar-refractivity contribution < 1.29 is 63.0 Å². The molecule has 2 aromatic carbocycles. The molecule has 0 atom stereocenters. The SMILES string of the molecule is CC(=O)Nc1cc(C(c2ccc(OC(F)=C(F)Cl)c(NC(C)=O)c2)(C(F)(F)F)C(F)(F)F)ccc1OC(F)=C(F)Cl. The number of benzene rings is 2. The number of halogens is 12. The molecule has 0 aliphatic carbocycles. The Hall–Kier alpha value is -3.66. The molecule has 0 fully saturated rings. The lowest BCUT2D eigenvalue weighted by Gasteiger charge is -2.38. The number of hydrogen-bond acceptors (Lipinski definition) is 4. The van der Waals surface area contributed by atoms with Gasteiger partial charge in [0.15, 0.2) is 11.5 Å². The number of ether oxygens (including phenoxy) is 2. The molecule has 0 saturated carbocycles. The van der Waals surface area contributed by atoms with Gasteiger partial charge in [0.1, 0.15) is 0 Å². The van der Waals surface area contributed by atoms with E-state index in [1.807, 2.05) is 10.6 Å². The number of anilines is 2. The molecule has 6 nitrogen and oxygen atoms in total. The molecular weight excluding hydrogens is 629 g/mol. The lowest BCUT2D eigenvalue weighted by atomic mass is 9.72. The Labute approximate surface area is 233 Å². The molecule has 0 bridgehead atoms. The van der Waals surface area contributed by atoms with Gasteiger partial charge in [-0.25, -0.2) is 0 Å². The van der Waals surface area contributed by atoms with Crippen LogP contribution in [0.5, 0.6) is 11.5 Å². The lowest BCUT2D eigenvalue weighted by molar-refractivity contribution is -0.288. The quantitative estimate of drug-likeness (QED) is 0.224. The standard InChI is InChI=1S/C23H14Cl2F10N2O4/c1-9(38)36-13-7-11(3-5-15(13)40-19(28)17(24)26)21(22(30,31)32,23(33,34)35)12-4-6-16(41-20(29)18(25)27)14(8-12)37-10(2)39/h3-8H,1-2H3,(H,36,38)(H,37,39). The fourth-order valence-corrected chi connectivity index (χ4v) is 3.61. The molecule has 0 aromatic heterocycles. The van der Waals surface area contributed by atoms with Gasteiger partial charge >= 0.3 is 24.4 Å². The van der Waals surface area contributed by atoms with E-state index in [0.29, 0.717) is 12.1 Å². The monoisotopic (exact) mass is 642 g/mol. The number of nitrogens with one attached hydrogen (secondary N) is 2. The molecule has 0 unspecified atom stereocenters. The second kappa shape index (κ2) is 12.5. The molecule has 2 amide bonds. The highest BCUT2D eigenvalue weighted by Gasteiger charge is 2.72. The first-order chi connectivity index (χ1) is 18.7. The van der Waals surface area contributed by atoms with Crippen LogP contribution in [0.2, 0.25) is 0 Å². The second-order valence-corrected chi connectivity index (χ2v) is 8.47. The molecule has 0 aliphatic rings. The number of carbonyl (C=O) groups excluding carboxylic acids is 2. The maximum atomic E-state index is 14.6. The molecule has 0 aliphatic heterocycles. The average molecular weight is 643 g/mol. The predicted molar refractivity (Wildman–Crippen MR) is 126 cm³/mol. The van der Waals surface area contributed by atoms with Gasteiger partial charge in [-0.3, -0.25) is 9.59 Å². The summed E-state index contributed by atoms with van der Waals surface area (Å²) >= 11 is 9.57. The van der Waals surface area contributed by atoms with E-state index in [9.17, 15) is 53.5 Å². The third-order valence-electron chi connectivity index (χ3n) is 4.99. The third kappa shape index (κ3) is 7.35. The van der Waals surface area contributed by atoms with Gasteiger partial charge in [-0.1, -0.05) is 12.1 Å². The van der Waals surface area contributed by atoms with Crippen molar-refractivity contribution in [2.24, 2.45) is 0 Å². The topological polar surface area (TPSA) is 76.7 Å². The molecule has 2 N–H and O–H groups in total. The fourth-order valence-electron chi connectivity index (χ4n) is 3.53. The Morgan fingerprint density at radius 3 is 1.22 bits per heavy atom. The normalized spacial score (nSPS) is 13.6. The molecule has 0 radical (unpaired) electrons. The second-order valence-electron chi connectivity index (χ2n) is 7.80. The van der Waals surface area contributed by atoms with E-state index in [4.69, 9.17) is 23.2 Å². The Bertz CT molecular complexity index is 1290. The number of carbonyl (C=O) groups is 2. The molecule has 0 heterocycles. The Kier molecular flexibility index (Phi) is 10.2. The summed E-state index contributed by atoms with van der Waals surface area (Å²) in [4.78, 5) is 23.2. The van der Waals surface area contributed by atoms with Crippen LogP contribution in [0.25, 0.3) is 0 Å². The Morgan fingerprint density at radius 2 is 0.976 bits per heavy atom. The molecule has 2 aromatic rings. The summed E-state index contributed by atoms with van der Waals surface area (Å²) in [6, 6.07) is -2.90. The zero-order valence-electron chi connectivity index (χ0n) is 20.1. The fraction of sp³-hybridized carbons (Fsp3) is 0.217. The van der Waals surface area contributed by atoms with Crippen molar-refractivity contribution in [3.05, 3.63) is 70.1 Å². The summed E-state index contributed by atoms with van der Waals surface area (Å²) in [6.45, 7) is 1.59. The minimum atomic E-state index is -6.24. The van der Waals surface area contributed by atoms with Crippen LogP contribution >= 0.6 is 23.2 Å². The molecule has 41 heavy (non-hydrogen) atoms. The van der Waals surface area contributed by atoms with Crippen molar-refractivity contribution in [2.45, 2.75) is 31.6 Å². The van der Waals surface area contributed by atoms with Crippen LogP contribution in [-0.2, 0) is 15.0 Å². The van der Waals surface area contributed by atoms with Crippen LogP contribution in [0.4, 0.5) is 55.3 Å². The molecule has 0 saturated heterocycles. The third-order valence-corrected chi connectivity index (χ3v) is 5.29. The maximum Gasteiger partial charge on any atom is 0.411 e. The van der Waals surface area contributed by atoms with E-state index in [1.165, 1.54) is 0 Å². The smallest absolute Gasteiger partial charge is 0.411 e. The van der Waals surface area contributed by atoms with Gasteiger partial charge in [0.05, 0.1) is 11.4 Å². The number of amides is 2. The Balaban J connectivity index is 3.00. The van der Waals surface area contributed by atoms with Crippen molar-refractivity contribution in [2.75, 3.05) is 10.6 Å². The van der Waals surface area contributed by atoms with Crippen molar-refractivity contribution in [1.29, 1.82) is 0 Å². The summed E-state index contributed by atoms with van der Waals surface area (Å²) < 4.78 is 150. The predicted octanol–water partition coefficient (Wildman–Crippen LogP) is 8.38. The first-order valence-corrected chi connectivity index (χ1v) is 11.2. The Morgan fingerprint density at radius 1 is 0.659 bits per heavy atom. The summed E-state index contributed by atoms with van der Waals surface area (Å²) in [5, 5.41) is -0.442. The molecule has 2 rings (SSSR count). The number of hydrogen-bond donors (Lipinski definition) is 2. The zero-order chi connectivity index (χ0) is 31.5. The van der Waals surface area contributed by atoms with Gasteiger partial charge in [-0.05, 0) is 58.6 Å².